The largest absolute Gasteiger partial charge is 0.359 e. The van der Waals surface area contributed by atoms with E-state index in [0.717, 1.165) is 11.1 Å². The molecule has 3 heterocycles. The number of hydrogen-bond acceptors (Lipinski definition) is 5. The molecule has 1 saturated heterocycles. The predicted molar refractivity (Wildman–Crippen MR) is 97.3 cm³/mol. The monoisotopic (exact) mass is 353 g/mol. The molecule has 2 N–H and O–H groups in total. The number of hydrogen-bond donors (Lipinski definition) is 2. The summed E-state index contributed by atoms with van der Waals surface area (Å²) < 4.78 is 0. The first kappa shape index (κ1) is 18.0. The molecule has 0 spiro atoms. The van der Waals surface area contributed by atoms with E-state index in [4.69, 9.17) is 0 Å². The SMILES string of the molecule is CNC(=O)[C@H]1CN(Cc2cccnc2)C[C@@H]1NC(=O)c1cnccc1C. The molecule has 1 aliphatic rings. The molecule has 2 aromatic rings. The van der Waals surface area contributed by atoms with Crippen LogP contribution in [0.25, 0.3) is 0 Å². The molecule has 2 aromatic heterocycles. The average Bonchev–Trinajstić information content (AvgIpc) is 3.04. The number of nitrogens with zero attached hydrogens (tertiary/aromatic N) is 3. The Morgan fingerprint density at radius 1 is 1.19 bits per heavy atom. The number of pyridine rings is 2. The molecule has 136 valence electrons. The van der Waals surface area contributed by atoms with E-state index >= 15 is 0 Å². The van der Waals surface area contributed by atoms with Crippen molar-refractivity contribution >= 4 is 11.8 Å². The van der Waals surface area contributed by atoms with Gasteiger partial charge < -0.3 is 10.6 Å². The molecule has 0 aliphatic carbocycles. The summed E-state index contributed by atoms with van der Waals surface area (Å²) in [5.74, 6) is -0.553. The summed E-state index contributed by atoms with van der Waals surface area (Å²) in [7, 11) is 1.62. The van der Waals surface area contributed by atoms with Crippen molar-refractivity contribution in [2.45, 2.75) is 19.5 Å². The Kier molecular flexibility index (Phi) is 5.58. The molecular weight excluding hydrogens is 330 g/mol. The van der Waals surface area contributed by atoms with Gasteiger partial charge in [-0.3, -0.25) is 24.5 Å². The number of aryl methyl sites for hydroxylation is 1. The van der Waals surface area contributed by atoms with E-state index in [2.05, 4.69) is 25.5 Å². The van der Waals surface area contributed by atoms with Crippen LogP contribution in [0.15, 0.2) is 43.0 Å². The van der Waals surface area contributed by atoms with Crippen LogP contribution >= 0.6 is 0 Å². The Morgan fingerprint density at radius 2 is 2.00 bits per heavy atom. The second kappa shape index (κ2) is 8.05. The molecule has 7 nitrogen and oxygen atoms in total. The van der Waals surface area contributed by atoms with Gasteiger partial charge in [0, 0.05) is 51.5 Å². The van der Waals surface area contributed by atoms with Gasteiger partial charge in [0.15, 0.2) is 0 Å². The minimum absolute atomic E-state index is 0.0631. The van der Waals surface area contributed by atoms with E-state index in [1.807, 2.05) is 25.3 Å². The van der Waals surface area contributed by atoms with Gasteiger partial charge in [-0.05, 0) is 30.2 Å². The molecule has 0 aromatic carbocycles. The molecule has 0 radical (unpaired) electrons. The standard InChI is InChI=1S/C19H23N5O2/c1-13-5-7-22-9-15(13)19(26)23-17-12-24(11-16(17)18(25)20-2)10-14-4-3-6-21-8-14/h3-9,16-17H,10-12H2,1-2H3,(H,20,25)(H,23,26)/t16-,17-/m0/s1. The quantitative estimate of drug-likeness (QED) is 0.829. The van der Waals surface area contributed by atoms with Crippen molar-refractivity contribution in [3.05, 3.63) is 59.7 Å². The van der Waals surface area contributed by atoms with Crippen molar-refractivity contribution in [2.24, 2.45) is 5.92 Å². The molecule has 26 heavy (non-hydrogen) atoms. The lowest BCUT2D eigenvalue weighted by atomic mass is 10.0. The summed E-state index contributed by atoms with van der Waals surface area (Å²) in [5, 5.41) is 5.72. The summed E-state index contributed by atoms with van der Waals surface area (Å²) in [4.78, 5) is 35.2. The van der Waals surface area contributed by atoms with Gasteiger partial charge in [-0.15, -0.1) is 0 Å². The number of amides is 2. The number of likely N-dealkylation sites (tertiary alicyclic amines) is 1. The highest BCUT2D eigenvalue weighted by atomic mass is 16.2. The second-order valence-electron chi connectivity index (χ2n) is 6.55. The first-order valence-corrected chi connectivity index (χ1v) is 8.63. The van der Waals surface area contributed by atoms with E-state index < -0.39 is 0 Å². The minimum atomic E-state index is -0.294. The van der Waals surface area contributed by atoms with Gasteiger partial charge in [0.05, 0.1) is 17.5 Å². The van der Waals surface area contributed by atoms with E-state index in [1.165, 1.54) is 0 Å². The van der Waals surface area contributed by atoms with Gasteiger partial charge >= 0.3 is 0 Å². The number of carbonyl (C=O) groups is 2. The van der Waals surface area contributed by atoms with Crippen LogP contribution in [0.5, 0.6) is 0 Å². The molecular formula is C19H23N5O2. The Morgan fingerprint density at radius 3 is 2.69 bits per heavy atom. The van der Waals surface area contributed by atoms with Gasteiger partial charge in [0.25, 0.3) is 5.91 Å². The summed E-state index contributed by atoms with van der Waals surface area (Å²) in [6, 6.07) is 5.45. The van der Waals surface area contributed by atoms with Crippen LogP contribution in [0.2, 0.25) is 0 Å². The molecule has 2 amide bonds. The van der Waals surface area contributed by atoms with Gasteiger partial charge in [0.2, 0.25) is 5.91 Å². The zero-order chi connectivity index (χ0) is 18.5. The van der Waals surface area contributed by atoms with Crippen LogP contribution in [0.3, 0.4) is 0 Å². The lowest BCUT2D eigenvalue weighted by molar-refractivity contribution is -0.124. The zero-order valence-electron chi connectivity index (χ0n) is 15.0. The highest BCUT2D eigenvalue weighted by Gasteiger charge is 2.38. The summed E-state index contributed by atoms with van der Waals surface area (Å²) in [6.45, 7) is 3.76. The fourth-order valence-electron chi connectivity index (χ4n) is 3.31. The van der Waals surface area contributed by atoms with Crippen LogP contribution in [-0.4, -0.2) is 52.9 Å². The molecule has 1 aliphatic heterocycles. The van der Waals surface area contributed by atoms with E-state index in [9.17, 15) is 9.59 Å². The van der Waals surface area contributed by atoms with E-state index in [0.29, 0.717) is 25.2 Å². The van der Waals surface area contributed by atoms with Crippen molar-refractivity contribution in [3.63, 3.8) is 0 Å². The third-order valence-electron chi connectivity index (χ3n) is 4.71. The molecule has 2 atom stereocenters. The molecule has 0 bridgehead atoms. The highest BCUT2D eigenvalue weighted by Crippen LogP contribution is 2.20. The van der Waals surface area contributed by atoms with Gasteiger partial charge in [-0.1, -0.05) is 6.07 Å². The normalized spacial score (nSPS) is 19.9. The lowest BCUT2D eigenvalue weighted by Crippen LogP contribution is -2.45. The molecule has 1 fully saturated rings. The Balaban J connectivity index is 1.72. The maximum Gasteiger partial charge on any atom is 0.253 e. The van der Waals surface area contributed by atoms with Crippen LogP contribution < -0.4 is 10.6 Å². The fraction of sp³-hybridized carbons (Fsp3) is 0.368. The lowest BCUT2D eigenvalue weighted by Gasteiger charge is -2.19. The van der Waals surface area contributed by atoms with Gasteiger partial charge in [0.1, 0.15) is 0 Å². The fourth-order valence-corrected chi connectivity index (χ4v) is 3.31. The van der Waals surface area contributed by atoms with Crippen molar-refractivity contribution in [3.8, 4) is 0 Å². The first-order valence-electron chi connectivity index (χ1n) is 8.63. The second-order valence-corrected chi connectivity index (χ2v) is 6.55. The molecule has 7 heteroatoms. The molecule has 0 unspecified atom stereocenters. The van der Waals surface area contributed by atoms with Crippen LogP contribution in [0, 0.1) is 12.8 Å². The van der Waals surface area contributed by atoms with Crippen molar-refractivity contribution in [1.82, 2.24) is 25.5 Å². The zero-order valence-corrected chi connectivity index (χ0v) is 15.0. The highest BCUT2D eigenvalue weighted by molar-refractivity contribution is 5.96. The van der Waals surface area contributed by atoms with E-state index in [1.54, 1.807) is 31.7 Å². The summed E-state index contributed by atoms with van der Waals surface area (Å²) >= 11 is 0. The van der Waals surface area contributed by atoms with Crippen LogP contribution in [0.1, 0.15) is 21.5 Å². The molecule has 0 saturated carbocycles. The summed E-state index contributed by atoms with van der Waals surface area (Å²) in [6.07, 6.45) is 6.77. The van der Waals surface area contributed by atoms with Crippen molar-refractivity contribution in [1.29, 1.82) is 0 Å². The maximum absolute atomic E-state index is 12.6. The number of nitrogens with one attached hydrogen (secondary N) is 2. The Labute approximate surface area is 152 Å². The predicted octanol–water partition coefficient (Wildman–Crippen LogP) is 0.761. The third kappa shape index (κ3) is 4.05. The van der Waals surface area contributed by atoms with Crippen molar-refractivity contribution in [2.75, 3.05) is 20.1 Å². The van der Waals surface area contributed by atoms with Crippen molar-refractivity contribution < 1.29 is 9.59 Å². The average molecular weight is 353 g/mol. The number of rotatable bonds is 5. The number of carbonyl (C=O) groups excluding carboxylic acids is 2. The minimum Gasteiger partial charge on any atom is -0.359 e. The van der Waals surface area contributed by atoms with Gasteiger partial charge in [-0.25, -0.2) is 0 Å². The maximum atomic E-state index is 12.6. The van der Waals surface area contributed by atoms with E-state index in [-0.39, 0.29) is 23.8 Å². The summed E-state index contributed by atoms with van der Waals surface area (Å²) in [5.41, 5.74) is 2.48. The molecule has 3 rings (SSSR count). The topological polar surface area (TPSA) is 87.2 Å². The first-order chi connectivity index (χ1) is 12.6. The van der Waals surface area contributed by atoms with Crippen LogP contribution in [0.4, 0.5) is 0 Å². The smallest absolute Gasteiger partial charge is 0.253 e. The Hall–Kier alpha value is -2.80. The number of aromatic nitrogens is 2. The van der Waals surface area contributed by atoms with Crippen LogP contribution in [-0.2, 0) is 11.3 Å². The van der Waals surface area contributed by atoms with Gasteiger partial charge in [-0.2, -0.15) is 0 Å². The third-order valence-corrected chi connectivity index (χ3v) is 4.71. The Bertz CT molecular complexity index is 781.